The summed E-state index contributed by atoms with van der Waals surface area (Å²) in [5.41, 5.74) is 2.76. The molecule has 0 N–H and O–H groups in total. The van der Waals surface area contributed by atoms with E-state index in [9.17, 15) is 0 Å². The maximum Gasteiger partial charge on any atom is 0.0382 e. The van der Waals surface area contributed by atoms with Gasteiger partial charge in [0, 0.05) is 6.04 Å². The van der Waals surface area contributed by atoms with Gasteiger partial charge in [0.05, 0.1) is 0 Å². The zero-order valence-electron chi connectivity index (χ0n) is 10.5. The van der Waals surface area contributed by atoms with Gasteiger partial charge in [-0.15, -0.1) is 0 Å². The maximum absolute atomic E-state index is 2.28. The molecule has 0 saturated carbocycles. The number of benzene rings is 2. The third-order valence-electron chi connectivity index (χ3n) is 3.08. The first kappa shape index (κ1) is 11.9. The fraction of sp³-hybridized carbons (Fsp3) is 0.250. The molecule has 1 heteroatoms. The third kappa shape index (κ3) is 3.18. The van der Waals surface area contributed by atoms with E-state index in [1.807, 2.05) is 0 Å². The lowest BCUT2D eigenvalue weighted by atomic mass is 10.1. The average Bonchev–Trinajstić information content (AvgIpc) is 2.38. The Morgan fingerprint density at radius 3 is 1.88 bits per heavy atom. The Bertz CT molecular complexity index is 434. The Labute approximate surface area is 104 Å². The minimum atomic E-state index is 0.443. The molecular weight excluding hydrogens is 207 g/mol. The van der Waals surface area contributed by atoms with Gasteiger partial charge in [-0.05, 0) is 31.6 Å². The van der Waals surface area contributed by atoms with Crippen molar-refractivity contribution in [3.63, 3.8) is 0 Å². The fourth-order valence-corrected chi connectivity index (χ4v) is 2.11. The minimum absolute atomic E-state index is 0.443. The second-order valence-electron chi connectivity index (χ2n) is 4.58. The highest BCUT2D eigenvalue weighted by molar-refractivity contribution is 5.23. The van der Waals surface area contributed by atoms with Gasteiger partial charge in [0.1, 0.15) is 0 Å². The summed E-state index contributed by atoms with van der Waals surface area (Å²) in [5, 5.41) is 0. The number of likely N-dealkylation sites (N-methyl/N-ethyl adjacent to an activating group) is 1. The SMILES string of the molecule is CN(C)[13CH](Cc1ccccc1)c1ccccc1. The molecule has 0 aliphatic heterocycles. The van der Waals surface area contributed by atoms with Gasteiger partial charge in [0.25, 0.3) is 0 Å². The molecule has 0 radical (unpaired) electrons. The molecule has 17 heavy (non-hydrogen) atoms. The van der Waals surface area contributed by atoms with Gasteiger partial charge in [0.2, 0.25) is 0 Å². The van der Waals surface area contributed by atoms with Crippen molar-refractivity contribution in [1.29, 1.82) is 0 Å². The average molecular weight is 226 g/mol. The van der Waals surface area contributed by atoms with Crippen LogP contribution in [0.4, 0.5) is 0 Å². The summed E-state index contributed by atoms with van der Waals surface area (Å²) in [6.07, 6.45) is 1.05. The minimum Gasteiger partial charge on any atom is -0.302 e. The van der Waals surface area contributed by atoms with Crippen LogP contribution in [0, 0.1) is 0 Å². The van der Waals surface area contributed by atoms with Crippen LogP contribution in [0.1, 0.15) is 17.2 Å². The molecule has 0 bridgehead atoms. The Kier molecular flexibility index (Phi) is 3.94. The molecule has 2 rings (SSSR count). The van der Waals surface area contributed by atoms with E-state index in [0.29, 0.717) is 6.04 Å². The van der Waals surface area contributed by atoms with Crippen LogP contribution in [0.25, 0.3) is 0 Å². The highest BCUT2D eigenvalue weighted by Crippen LogP contribution is 2.22. The summed E-state index contributed by atoms with van der Waals surface area (Å²) in [7, 11) is 4.28. The van der Waals surface area contributed by atoms with Crippen molar-refractivity contribution in [3.8, 4) is 0 Å². The smallest absolute Gasteiger partial charge is 0.0382 e. The van der Waals surface area contributed by atoms with E-state index in [-0.39, 0.29) is 0 Å². The van der Waals surface area contributed by atoms with Crippen molar-refractivity contribution in [2.75, 3.05) is 14.1 Å². The maximum atomic E-state index is 2.28. The molecule has 1 unspecified atom stereocenters. The lowest BCUT2D eigenvalue weighted by Crippen LogP contribution is -2.21. The van der Waals surface area contributed by atoms with Crippen molar-refractivity contribution >= 4 is 0 Å². The van der Waals surface area contributed by atoms with E-state index in [2.05, 4.69) is 79.7 Å². The Morgan fingerprint density at radius 1 is 0.824 bits per heavy atom. The molecule has 0 heterocycles. The second-order valence-corrected chi connectivity index (χ2v) is 4.58. The van der Waals surface area contributed by atoms with E-state index < -0.39 is 0 Å². The molecular formula is C16H19N. The van der Waals surface area contributed by atoms with Gasteiger partial charge in [-0.3, -0.25) is 0 Å². The zero-order chi connectivity index (χ0) is 12.1. The molecule has 0 amide bonds. The first-order chi connectivity index (χ1) is 8.27. The number of nitrogens with zero attached hydrogens (tertiary/aromatic N) is 1. The van der Waals surface area contributed by atoms with Crippen molar-refractivity contribution in [1.82, 2.24) is 4.90 Å². The highest BCUT2D eigenvalue weighted by Gasteiger charge is 2.13. The van der Waals surface area contributed by atoms with Crippen molar-refractivity contribution in [3.05, 3.63) is 71.8 Å². The summed E-state index contributed by atoms with van der Waals surface area (Å²) in [6.45, 7) is 0. The largest absolute Gasteiger partial charge is 0.302 e. The predicted molar refractivity (Wildman–Crippen MR) is 73.0 cm³/mol. The van der Waals surface area contributed by atoms with Crippen LogP contribution in [0.15, 0.2) is 60.7 Å². The van der Waals surface area contributed by atoms with Gasteiger partial charge in [-0.2, -0.15) is 0 Å². The topological polar surface area (TPSA) is 3.24 Å². The van der Waals surface area contributed by atoms with Crippen LogP contribution < -0.4 is 0 Å². The summed E-state index contributed by atoms with van der Waals surface area (Å²) < 4.78 is 0. The summed E-state index contributed by atoms with van der Waals surface area (Å²) in [6, 6.07) is 21.8. The lowest BCUT2D eigenvalue weighted by Gasteiger charge is -2.25. The standard InChI is InChI=1S/C16H19N/c1-17(2)16(15-11-7-4-8-12-15)13-14-9-5-3-6-10-14/h3-12,16H,13H2,1-2H3/i16+1. The zero-order valence-corrected chi connectivity index (χ0v) is 10.5. The van der Waals surface area contributed by atoms with Gasteiger partial charge in [-0.25, -0.2) is 0 Å². The van der Waals surface area contributed by atoms with E-state index >= 15 is 0 Å². The Hall–Kier alpha value is -1.60. The van der Waals surface area contributed by atoms with Gasteiger partial charge >= 0.3 is 0 Å². The molecule has 0 aromatic heterocycles. The van der Waals surface area contributed by atoms with Crippen LogP contribution >= 0.6 is 0 Å². The molecule has 0 aliphatic rings. The van der Waals surface area contributed by atoms with Crippen LogP contribution in [-0.2, 0) is 6.42 Å². The van der Waals surface area contributed by atoms with Gasteiger partial charge < -0.3 is 4.90 Å². The molecule has 0 spiro atoms. The Morgan fingerprint density at radius 2 is 1.35 bits per heavy atom. The van der Waals surface area contributed by atoms with Crippen molar-refractivity contribution in [2.24, 2.45) is 0 Å². The quantitative estimate of drug-likeness (QED) is 0.721. The molecule has 2 aromatic rings. The first-order valence-corrected chi connectivity index (χ1v) is 6.02. The monoisotopic (exact) mass is 226 g/mol. The van der Waals surface area contributed by atoms with Crippen LogP contribution in [-0.4, -0.2) is 19.0 Å². The number of hydrogen-bond acceptors (Lipinski definition) is 1. The van der Waals surface area contributed by atoms with E-state index in [0.717, 1.165) is 6.42 Å². The Balaban J connectivity index is 2.20. The van der Waals surface area contributed by atoms with E-state index in [1.54, 1.807) is 0 Å². The van der Waals surface area contributed by atoms with Gasteiger partial charge in [-0.1, -0.05) is 60.7 Å². The van der Waals surface area contributed by atoms with Crippen molar-refractivity contribution < 1.29 is 0 Å². The molecule has 0 saturated heterocycles. The number of hydrogen-bond donors (Lipinski definition) is 0. The van der Waals surface area contributed by atoms with Gasteiger partial charge in [0.15, 0.2) is 0 Å². The summed E-state index contributed by atoms with van der Waals surface area (Å²) in [5.74, 6) is 0. The summed E-state index contributed by atoms with van der Waals surface area (Å²) >= 11 is 0. The molecule has 0 fully saturated rings. The molecule has 1 nitrogen and oxygen atoms in total. The second kappa shape index (κ2) is 5.65. The van der Waals surface area contributed by atoms with Crippen molar-refractivity contribution in [2.45, 2.75) is 12.5 Å². The summed E-state index contributed by atoms with van der Waals surface area (Å²) in [4.78, 5) is 2.28. The van der Waals surface area contributed by atoms with Crippen LogP contribution in [0.5, 0.6) is 0 Å². The highest BCUT2D eigenvalue weighted by atomic mass is 15.3. The van der Waals surface area contributed by atoms with E-state index in [4.69, 9.17) is 0 Å². The van der Waals surface area contributed by atoms with Crippen LogP contribution in [0.3, 0.4) is 0 Å². The number of rotatable bonds is 4. The predicted octanol–water partition coefficient (Wildman–Crippen LogP) is 3.53. The van der Waals surface area contributed by atoms with Crippen LogP contribution in [0.2, 0.25) is 0 Å². The van der Waals surface area contributed by atoms with E-state index in [1.165, 1.54) is 11.1 Å². The third-order valence-corrected chi connectivity index (χ3v) is 3.08. The molecule has 2 aromatic carbocycles. The first-order valence-electron chi connectivity index (χ1n) is 6.02. The lowest BCUT2D eigenvalue weighted by molar-refractivity contribution is 0.297. The molecule has 0 aliphatic carbocycles. The fourth-order valence-electron chi connectivity index (χ4n) is 2.11. The normalized spacial score (nSPS) is 12.6. The molecule has 1 atom stereocenters. The molecule has 88 valence electrons.